The van der Waals surface area contributed by atoms with E-state index in [1.165, 1.54) is 18.9 Å². The summed E-state index contributed by atoms with van der Waals surface area (Å²) >= 11 is 0. The fourth-order valence-corrected chi connectivity index (χ4v) is 2.55. The molecule has 0 bridgehead atoms. The summed E-state index contributed by atoms with van der Waals surface area (Å²) in [6.07, 6.45) is 2.41. The van der Waals surface area contributed by atoms with Crippen LogP contribution in [-0.2, 0) is 11.3 Å². The highest BCUT2D eigenvalue weighted by Crippen LogP contribution is 2.27. The van der Waals surface area contributed by atoms with Crippen LogP contribution in [0.4, 0.5) is 10.1 Å². The van der Waals surface area contributed by atoms with E-state index in [9.17, 15) is 9.18 Å². The molecule has 1 amide bonds. The van der Waals surface area contributed by atoms with E-state index in [1.54, 1.807) is 18.0 Å². The van der Waals surface area contributed by atoms with Crippen molar-refractivity contribution in [3.8, 4) is 0 Å². The summed E-state index contributed by atoms with van der Waals surface area (Å²) in [4.78, 5) is 15.4. The van der Waals surface area contributed by atoms with Crippen molar-refractivity contribution in [1.82, 2.24) is 10.2 Å². The van der Waals surface area contributed by atoms with Crippen molar-refractivity contribution < 1.29 is 9.18 Å². The third kappa shape index (κ3) is 2.77. The molecular formula is C15H20FN3O. The number of halogens is 1. The molecule has 1 aromatic rings. The minimum absolute atomic E-state index is 0.0422. The topological polar surface area (TPSA) is 35.6 Å². The lowest BCUT2D eigenvalue weighted by atomic mass is 10.1. The van der Waals surface area contributed by atoms with E-state index in [-0.39, 0.29) is 18.3 Å². The third-order valence-corrected chi connectivity index (χ3v) is 4.00. The number of carbonyl (C=O) groups excluding carboxylic acids is 1. The zero-order chi connectivity index (χ0) is 14.1. The summed E-state index contributed by atoms with van der Waals surface area (Å²) < 4.78 is 14.2. The maximum atomic E-state index is 14.2. The highest BCUT2D eigenvalue weighted by molar-refractivity contribution is 5.83. The molecule has 108 valence electrons. The number of piperazine rings is 1. The number of nitrogens with one attached hydrogen (secondary N) is 1. The van der Waals surface area contributed by atoms with Crippen LogP contribution in [0, 0.1) is 5.82 Å². The number of hydrogen-bond acceptors (Lipinski definition) is 3. The lowest BCUT2D eigenvalue weighted by Crippen LogP contribution is -2.49. The van der Waals surface area contributed by atoms with Crippen LogP contribution in [0.2, 0.25) is 0 Å². The molecule has 1 aromatic carbocycles. The quantitative estimate of drug-likeness (QED) is 0.902. The van der Waals surface area contributed by atoms with Crippen molar-refractivity contribution in [2.24, 2.45) is 0 Å². The molecule has 3 rings (SSSR count). The number of hydrogen-bond donors (Lipinski definition) is 1. The molecule has 1 aliphatic carbocycles. The Morgan fingerprint density at radius 1 is 1.35 bits per heavy atom. The Hall–Kier alpha value is -1.62. The van der Waals surface area contributed by atoms with E-state index in [4.69, 9.17) is 0 Å². The van der Waals surface area contributed by atoms with Gasteiger partial charge in [-0.2, -0.15) is 0 Å². The molecular weight excluding hydrogens is 257 g/mol. The van der Waals surface area contributed by atoms with Gasteiger partial charge < -0.3 is 15.1 Å². The van der Waals surface area contributed by atoms with Gasteiger partial charge in [0, 0.05) is 32.7 Å². The zero-order valence-corrected chi connectivity index (χ0v) is 11.7. The average molecular weight is 277 g/mol. The summed E-state index contributed by atoms with van der Waals surface area (Å²) in [5.74, 6) is -0.196. The lowest BCUT2D eigenvalue weighted by molar-refractivity contribution is -0.129. The molecule has 1 N–H and O–H groups in total. The second-order valence-corrected chi connectivity index (χ2v) is 5.64. The van der Waals surface area contributed by atoms with Crippen molar-refractivity contribution in [3.63, 3.8) is 0 Å². The molecule has 0 unspecified atom stereocenters. The second kappa shape index (κ2) is 5.40. The molecule has 0 aromatic heterocycles. The first-order chi connectivity index (χ1) is 9.65. The van der Waals surface area contributed by atoms with E-state index >= 15 is 0 Å². The molecule has 1 saturated carbocycles. The molecule has 5 heteroatoms. The van der Waals surface area contributed by atoms with Crippen molar-refractivity contribution in [1.29, 1.82) is 0 Å². The fraction of sp³-hybridized carbons (Fsp3) is 0.533. The van der Waals surface area contributed by atoms with Gasteiger partial charge in [-0.15, -0.1) is 0 Å². The summed E-state index contributed by atoms with van der Waals surface area (Å²) in [5, 5.41) is 3.41. The summed E-state index contributed by atoms with van der Waals surface area (Å²) in [7, 11) is 1.79. The van der Waals surface area contributed by atoms with Crippen LogP contribution in [0.3, 0.4) is 0 Å². The molecule has 2 fully saturated rings. The highest BCUT2D eigenvalue weighted by atomic mass is 19.1. The maximum absolute atomic E-state index is 14.2. The van der Waals surface area contributed by atoms with Crippen LogP contribution < -0.4 is 10.2 Å². The predicted octanol–water partition coefficient (Wildman–Crippen LogP) is 1.36. The van der Waals surface area contributed by atoms with Crippen LogP contribution >= 0.6 is 0 Å². The van der Waals surface area contributed by atoms with Gasteiger partial charge in [-0.25, -0.2) is 4.39 Å². The summed E-state index contributed by atoms with van der Waals surface area (Å²) in [5.41, 5.74) is 1.52. The van der Waals surface area contributed by atoms with Crippen molar-refractivity contribution >= 4 is 11.6 Å². The standard InChI is InChI=1S/C15H20FN3O/c1-18-7-8-19(10-14(18)20)15-11(3-2-4-13(15)16)9-17-12-5-6-12/h2-4,12,17H,5-10H2,1H3. The predicted molar refractivity (Wildman–Crippen MR) is 76.1 cm³/mol. The number of nitrogens with zero attached hydrogens (tertiary/aromatic N) is 2. The average Bonchev–Trinajstić information content (AvgIpc) is 3.24. The monoisotopic (exact) mass is 277 g/mol. The zero-order valence-electron chi connectivity index (χ0n) is 11.7. The first-order valence-corrected chi connectivity index (χ1v) is 7.15. The van der Waals surface area contributed by atoms with Crippen LogP contribution in [-0.4, -0.2) is 43.5 Å². The number of rotatable bonds is 4. The van der Waals surface area contributed by atoms with Crippen molar-refractivity contribution in [2.75, 3.05) is 31.6 Å². The Labute approximate surface area is 118 Å². The van der Waals surface area contributed by atoms with Gasteiger partial charge in [0.05, 0.1) is 12.2 Å². The minimum atomic E-state index is -0.238. The van der Waals surface area contributed by atoms with E-state index in [1.807, 2.05) is 11.0 Å². The first kappa shape index (κ1) is 13.4. The Morgan fingerprint density at radius 2 is 2.15 bits per heavy atom. The number of likely N-dealkylation sites (N-methyl/N-ethyl adjacent to an activating group) is 1. The molecule has 1 heterocycles. The molecule has 0 atom stereocenters. The summed E-state index contributed by atoms with van der Waals surface area (Å²) in [6, 6.07) is 5.73. The van der Waals surface area contributed by atoms with Gasteiger partial charge in [0.15, 0.2) is 0 Å². The lowest BCUT2D eigenvalue weighted by Gasteiger charge is -2.34. The van der Waals surface area contributed by atoms with Crippen LogP contribution in [0.5, 0.6) is 0 Å². The molecule has 2 aliphatic rings. The van der Waals surface area contributed by atoms with E-state index in [0.29, 0.717) is 31.4 Å². The molecule has 0 radical (unpaired) electrons. The molecule has 20 heavy (non-hydrogen) atoms. The van der Waals surface area contributed by atoms with E-state index < -0.39 is 0 Å². The van der Waals surface area contributed by atoms with Gasteiger partial charge in [-0.05, 0) is 24.5 Å². The second-order valence-electron chi connectivity index (χ2n) is 5.64. The Kier molecular flexibility index (Phi) is 3.61. The number of anilines is 1. The van der Waals surface area contributed by atoms with Crippen LogP contribution in [0.15, 0.2) is 18.2 Å². The molecule has 1 aliphatic heterocycles. The Bertz CT molecular complexity index is 516. The smallest absolute Gasteiger partial charge is 0.241 e. The van der Waals surface area contributed by atoms with E-state index in [2.05, 4.69) is 5.32 Å². The molecule has 1 saturated heterocycles. The Balaban J connectivity index is 1.81. The van der Waals surface area contributed by atoms with Crippen molar-refractivity contribution in [2.45, 2.75) is 25.4 Å². The SMILES string of the molecule is CN1CCN(c2c(F)cccc2CNC2CC2)CC1=O. The van der Waals surface area contributed by atoms with Gasteiger partial charge in [-0.1, -0.05) is 12.1 Å². The van der Waals surface area contributed by atoms with Gasteiger partial charge in [0.25, 0.3) is 0 Å². The molecule has 0 spiro atoms. The largest absolute Gasteiger partial charge is 0.358 e. The minimum Gasteiger partial charge on any atom is -0.358 e. The van der Waals surface area contributed by atoms with Gasteiger partial charge in [0.2, 0.25) is 5.91 Å². The summed E-state index contributed by atoms with van der Waals surface area (Å²) in [6.45, 7) is 2.24. The first-order valence-electron chi connectivity index (χ1n) is 7.15. The van der Waals surface area contributed by atoms with E-state index in [0.717, 1.165) is 5.56 Å². The van der Waals surface area contributed by atoms with Gasteiger partial charge in [0.1, 0.15) is 5.82 Å². The van der Waals surface area contributed by atoms with Gasteiger partial charge >= 0.3 is 0 Å². The maximum Gasteiger partial charge on any atom is 0.241 e. The number of benzene rings is 1. The van der Waals surface area contributed by atoms with Crippen LogP contribution in [0.1, 0.15) is 18.4 Å². The third-order valence-electron chi connectivity index (χ3n) is 4.00. The fourth-order valence-electron chi connectivity index (χ4n) is 2.55. The normalized spacial score (nSPS) is 19.6. The number of amides is 1. The highest BCUT2D eigenvalue weighted by Gasteiger charge is 2.26. The number of carbonyl (C=O) groups is 1. The molecule has 4 nitrogen and oxygen atoms in total. The van der Waals surface area contributed by atoms with Crippen molar-refractivity contribution in [3.05, 3.63) is 29.6 Å². The van der Waals surface area contributed by atoms with Crippen LogP contribution in [0.25, 0.3) is 0 Å². The Morgan fingerprint density at radius 3 is 2.85 bits per heavy atom. The number of para-hydroxylation sites is 1. The van der Waals surface area contributed by atoms with Gasteiger partial charge in [-0.3, -0.25) is 4.79 Å².